The summed E-state index contributed by atoms with van der Waals surface area (Å²) in [6.07, 6.45) is 0.844. The fourth-order valence-electron chi connectivity index (χ4n) is 1.71. The van der Waals surface area contributed by atoms with Crippen LogP contribution in [0.5, 0.6) is 0 Å². The van der Waals surface area contributed by atoms with E-state index in [9.17, 15) is 14.4 Å². The summed E-state index contributed by atoms with van der Waals surface area (Å²) in [6.45, 7) is 0.659. The summed E-state index contributed by atoms with van der Waals surface area (Å²) in [5.74, 6) is -1.69. The summed E-state index contributed by atoms with van der Waals surface area (Å²) < 4.78 is 4.84. The second-order valence-electron chi connectivity index (χ2n) is 4.27. The van der Waals surface area contributed by atoms with Crippen molar-refractivity contribution in [3.8, 4) is 0 Å². The van der Waals surface area contributed by atoms with Gasteiger partial charge in [0, 0.05) is 20.3 Å². The van der Waals surface area contributed by atoms with Crippen LogP contribution in [0.2, 0.25) is 0 Å². The lowest BCUT2D eigenvalue weighted by Gasteiger charge is -2.24. The monoisotopic (exact) mass is 273 g/mol. The van der Waals surface area contributed by atoms with Crippen LogP contribution in [0.25, 0.3) is 0 Å². The molecule has 8 nitrogen and oxygen atoms in total. The molecule has 1 fully saturated rings. The molecule has 1 rings (SSSR count). The number of piperazine rings is 1. The lowest BCUT2D eigenvalue weighted by Crippen LogP contribution is -2.59. The summed E-state index contributed by atoms with van der Waals surface area (Å²) in [6, 6.07) is -1.54. The molecule has 4 N–H and O–H groups in total. The first-order chi connectivity index (χ1) is 9.04. The number of hydrogen-bond acceptors (Lipinski definition) is 5. The maximum absolute atomic E-state index is 11.8. The Labute approximate surface area is 110 Å². The van der Waals surface area contributed by atoms with E-state index in [2.05, 4.69) is 16.0 Å². The van der Waals surface area contributed by atoms with Crippen molar-refractivity contribution in [1.82, 2.24) is 16.0 Å². The summed E-state index contributed by atoms with van der Waals surface area (Å²) in [4.78, 5) is 33.8. The van der Waals surface area contributed by atoms with Gasteiger partial charge in [0.25, 0.3) is 0 Å². The number of amides is 2. The van der Waals surface area contributed by atoms with E-state index in [0.29, 0.717) is 19.4 Å². The second-order valence-corrected chi connectivity index (χ2v) is 4.27. The number of carboxylic acid groups (broad SMARTS) is 1. The molecule has 1 heterocycles. The zero-order valence-corrected chi connectivity index (χ0v) is 10.8. The van der Waals surface area contributed by atoms with Crippen LogP contribution < -0.4 is 16.0 Å². The highest BCUT2D eigenvalue weighted by molar-refractivity contribution is 5.89. The van der Waals surface area contributed by atoms with Crippen molar-refractivity contribution < 1.29 is 24.2 Å². The van der Waals surface area contributed by atoms with E-state index in [-0.39, 0.29) is 19.0 Å². The van der Waals surface area contributed by atoms with Gasteiger partial charge in [-0.1, -0.05) is 0 Å². The first-order valence-corrected chi connectivity index (χ1v) is 6.06. The van der Waals surface area contributed by atoms with Gasteiger partial charge in [0.15, 0.2) is 0 Å². The number of aliphatic carboxylic acids is 1. The SMILES string of the molecule is COCCCC(NC(=O)C1CNC(=O)CN1)C(=O)O. The molecule has 0 aromatic heterocycles. The number of carbonyl (C=O) groups excluding carboxylic acids is 2. The molecule has 1 aliphatic heterocycles. The molecule has 19 heavy (non-hydrogen) atoms. The Hall–Kier alpha value is -1.67. The van der Waals surface area contributed by atoms with E-state index in [4.69, 9.17) is 9.84 Å². The molecule has 0 bridgehead atoms. The molecular weight excluding hydrogens is 254 g/mol. The van der Waals surface area contributed by atoms with Crippen molar-refractivity contribution in [2.45, 2.75) is 24.9 Å². The van der Waals surface area contributed by atoms with Crippen molar-refractivity contribution >= 4 is 17.8 Å². The van der Waals surface area contributed by atoms with Gasteiger partial charge < -0.3 is 20.5 Å². The molecular formula is C11H19N3O5. The molecule has 8 heteroatoms. The summed E-state index contributed by atoms with van der Waals surface area (Å²) >= 11 is 0. The summed E-state index contributed by atoms with van der Waals surface area (Å²) in [5, 5.41) is 16.7. The third-order valence-corrected chi connectivity index (χ3v) is 2.78. The highest BCUT2D eigenvalue weighted by Gasteiger charge is 2.27. The maximum Gasteiger partial charge on any atom is 0.326 e. The predicted octanol–water partition coefficient (Wildman–Crippen LogP) is -1.93. The van der Waals surface area contributed by atoms with E-state index in [1.807, 2.05) is 0 Å². The number of rotatable bonds is 7. The molecule has 1 aliphatic rings. The van der Waals surface area contributed by atoms with Crippen molar-refractivity contribution in [2.24, 2.45) is 0 Å². The molecule has 108 valence electrons. The van der Waals surface area contributed by atoms with Gasteiger partial charge in [-0.3, -0.25) is 14.9 Å². The van der Waals surface area contributed by atoms with Crippen LogP contribution in [0, 0.1) is 0 Å². The molecule has 0 aliphatic carbocycles. The molecule has 2 atom stereocenters. The fraction of sp³-hybridized carbons (Fsp3) is 0.727. The van der Waals surface area contributed by atoms with E-state index in [1.54, 1.807) is 0 Å². The van der Waals surface area contributed by atoms with E-state index in [0.717, 1.165) is 0 Å². The second kappa shape index (κ2) is 7.70. The predicted molar refractivity (Wildman–Crippen MR) is 65.5 cm³/mol. The zero-order chi connectivity index (χ0) is 14.3. The minimum Gasteiger partial charge on any atom is -0.480 e. The Kier molecular flexibility index (Phi) is 6.23. The molecule has 2 amide bonds. The Bertz CT molecular complexity index is 337. The topological polar surface area (TPSA) is 117 Å². The number of carboxylic acids is 1. The molecule has 2 unspecified atom stereocenters. The number of ether oxygens (including phenoxy) is 1. The average molecular weight is 273 g/mol. The Morgan fingerprint density at radius 1 is 1.58 bits per heavy atom. The standard InChI is InChI=1S/C11H19N3O5/c1-19-4-2-3-7(11(17)18)14-10(16)8-5-13-9(15)6-12-8/h7-8,12H,2-6H2,1H3,(H,13,15)(H,14,16)(H,17,18). The first-order valence-electron chi connectivity index (χ1n) is 6.06. The number of methoxy groups -OCH3 is 1. The van der Waals surface area contributed by atoms with Crippen molar-refractivity contribution in [3.05, 3.63) is 0 Å². The van der Waals surface area contributed by atoms with Gasteiger partial charge in [0.2, 0.25) is 11.8 Å². The Morgan fingerprint density at radius 3 is 2.84 bits per heavy atom. The first kappa shape index (κ1) is 15.4. The van der Waals surface area contributed by atoms with Crippen LogP contribution in [0.15, 0.2) is 0 Å². The van der Waals surface area contributed by atoms with Crippen LogP contribution >= 0.6 is 0 Å². The smallest absolute Gasteiger partial charge is 0.326 e. The lowest BCUT2D eigenvalue weighted by molar-refractivity contribution is -0.142. The van der Waals surface area contributed by atoms with E-state index < -0.39 is 24.0 Å². The third kappa shape index (κ3) is 5.23. The minimum absolute atomic E-state index is 0.0551. The average Bonchev–Trinajstić information content (AvgIpc) is 2.38. The van der Waals surface area contributed by atoms with Crippen LogP contribution in [0.1, 0.15) is 12.8 Å². The number of nitrogens with one attached hydrogen (secondary N) is 3. The molecule has 0 spiro atoms. The summed E-state index contributed by atoms with van der Waals surface area (Å²) in [5.41, 5.74) is 0. The minimum atomic E-state index is -1.08. The Morgan fingerprint density at radius 2 is 2.32 bits per heavy atom. The van der Waals surface area contributed by atoms with Gasteiger partial charge in [-0.25, -0.2) is 4.79 Å². The van der Waals surface area contributed by atoms with Gasteiger partial charge in [-0.05, 0) is 12.8 Å². The molecule has 0 radical (unpaired) electrons. The number of carbonyl (C=O) groups is 3. The van der Waals surface area contributed by atoms with Gasteiger partial charge in [0.1, 0.15) is 12.1 Å². The van der Waals surface area contributed by atoms with Crippen LogP contribution in [-0.2, 0) is 19.1 Å². The van der Waals surface area contributed by atoms with Crippen molar-refractivity contribution in [1.29, 1.82) is 0 Å². The van der Waals surface area contributed by atoms with Crippen LogP contribution in [0.3, 0.4) is 0 Å². The van der Waals surface area contributed by atoms with Crippen molar-refractivity contribution in [3.63, 3.8) is 0 Å². The van der Waals surface area contributed by atoms with Gasteiger partial charge >= 0.3 is 5.97 Å². The highest BCUT2D eigenvalue weighted by Crippen LogP contribution is 2.00. The quantitative estimate of drug-likeness (QED) is 0.401. The third-order valence-electron chi connectivity index (χ3n) is 2.78. The largest absolute Gasteiger partial charge is 0.480 e. The van der Waals surface area contributed by atoms with E-state index in [1.165, 1.54) is 7.11 Å². The number of hydrogen-bond donors (Lipinski definition) is 4. The summed E-state index contributed by atoms with van der Waals surface area (Å²) in [7, 11) is 1.53. The van der Waals surface area contributed by atoms with Gasteiger partial charge in [-0.15, -0.1) is 0 Å². The molecule has 0 aromatic carbocycles. The van der Waals surface area contributed by atoms with Crippen LogP contribution in [-0.4, -0.2) is 61.8 Å². The van der Waals surface area contributed by atoms with Gasteiger partial charge in [0.05, 0.1) is 6.54 Å². The maximum atomic E-state index is 11.8. The van der Waals surface area contributed by atoms with Crippen molar-refractivity contribution in [2.75, 3.05) is 26.8 Å². The fourth-order valence-corrected chi connectivity index (χ4v) is 1.71. The lowest BCUT2D eigenvalue weighted by atomic mass is 10.1. The zero-order valence-electron chi connectivity index (χ0n) is 10.8. The Balaban J connectivity index is 2.42. The normalized spacial score (nSPS) is 20.5. The van der Waals surface area contributed by atoms with Crippen LogP contribution in [0.4, 0.5) is 0 Å². The highest BCUT2D eigenvalue weighted by atomic mass is 16.5. The van der Waals surface area contributed by atoms with E-state index >= 15 is 0 Å². The molecule has 0 aromatic rings. The molecule has 1 saturated heterocycles. The molecule has 0 saturated carbocycles. The van der Waals surface area contributed by atoms with Gasteiger partial charge in [-0.2, -0.15) is 0 Å².